The van der Waals surface area contributed by atoms with Gasteiger partial charge in [0.15, 0.2) is 0 Å². The zero-order valence-electron chi connectivity index (χ0n) is 9.78. The van der Waals surface area contributed by atoms with Gasteiger partial charge in [-0.1, -0.05) is 6.07 Å². The number of carbonyl (C=O) groups excluding carboxylic acids is 3. The van der Waals surface area contributed by atoms with Crippen LogP contribution in [0.3, 0.4) is 0 Å². The largest absolute Gasteiger partial charge is 0.322 e. The summed E-state index contributed by atoms with van der Waals surface area (Å²) in [5.41, 5.74) is 0.0504. The fourth-order valence-electron chi connectivity index (χ4n) is 1.42. The van der Waals surface area contributed by atoms with Gasteiger partial charge >= 0.3 is 0 Å². The topological polar surface area (TPSA) is 118 Å². The average Bonchev–Trinajstić information content (AvgIpc) is 2.67. The van der Waals surface area contributed by atoms with E-state index < -0.39 is 22.0 Å². The summed E-state index contributed by atoms with van der Waals surface area (Å²) in [6.07, 6.45) is 0.962. The number of nitrogens with zero attached hydrogens (tertiary/aromatic N) is 1. The van der Waals surface area contributed by atoms with Crippen LogP contribution < -0.4 is 10.6 Å². The number of hydrogen-bond acceptors (Lipinski definition) is 6. The molecular formula is C11H7N3O5S. The molecule has 0 unspecified atom stereocenters. The summed E-state index contributed by atoms with van der Waals surface area (Å²) in [5, 5.41) is 14.4. The summed E-state index contributed by atoms with van der Waals surface area (Å²) in [6.45, 7) is 0. The van der Waals surface area contributed by atoms with Crippen LogP contribution in [0.15, 0.2) is 35.2 Å². The fraction of sp³-hybridized carbons (Fsp3) is 0. The van der Waals surface area contributed by atoms with Gasteiger partial charge < -0.3 is 5.32 Å². The van der Waals surface area contributed by atoms with Crippen molar-refractivity contribution in [1.82, 2.24) is 5.32 Å². The number of rotatable bonds is 3. The van der Waals surface area contributed by atoms with Crippen molar-refractivity contribution in [2.75, 3.05) is 5.32 Å². The van der Waals surface area contributed by atoms with Crippen molar-refractivity contribution in [2.45, 2.75) is 0 Å². The molecule has 0 atom stereocenters. The number of imide groups is 1. The lowest BCUT2D eigenvalue weighted by Gasteiger charge is -2.01. The second-order valence-corrected chi connectivity index (χ2v) is 4.66. The van der Waals surface area contributed by atoms with Crippen LogP contribution in [0.25, 0.3) is 0 Å². The van der Waals surface area contributed by atoms with E-state index in [4.69, 9.17) is 0 Å². The van der Waals surface area contributed by atoms with E-state index in [9.17, 15) is 24.5 Å². The molecule has 9 heteroatoms. The van der Waals surface area contributed by atoms with Crippen molar-refractivity contribution in [3.63, 3.8) is 0 Å². The van der Waals surface area contributed by atoms with Crippen LogP contribution in [-0.2, 0) is 9.59 Å². The molecule has 0 spiro atoms. The Morgan fingerprint density at radius 3 is 2.75 bits per heavy atom. The molecule has 1 fully saturated rings. The lowest BCUT2D eigenvalue weighted by molar-refractivity contribution is -0.384. The van der Waals surface area contributed by atoms with Gasteiger partial charge in [0.25, 0.3) is 16.8 Å². The molecule has 0 radical (unpaired) electrons. The Hall–Kier alpha value is -2.68. The molecule has 0 bridgehead atoms. The van der Waals surface area contributed by atoms with E-state index in [0.29, 0.717) is 11.8 Å². The van der Waals surface area contributed by atoms with Crippen LogP contribution in [0.2, 0.25) is 0 Å². The predicted octanol–water partition coefficient (Wildman–Crippen LogP) is 1.40. The lowest BCUT2D eigenvalue weighted by atomic mass is 10.3. The van der Waals surface area contributed by atoms with Crippen molar-refractivity contribution >= 4 is 40.2 Å². The highest BCUT2D eigenvalue weighted by Crippen LogP contribution is 2.23. The highest BCUT2D eigenvalue weighted by Gasteiger charge is 2.25. The molecule has 3 amide bonds. The molecule has 1 aliphatic rings. The third kappa shape index (κ3) is 3.20. The monoisotopic (exact) mass is 293 g/mol. The smallest absolute Gasteiger partial charge is 0.290 e. The van der Waals surface area contributed by atoms with Gasteiger partial charge in [0.1, 0.15) is 0 Å². The number of carbonyl (C=O) groups is 3. The lowest BCUT2D eigenvalue weighted by Crippen LogP contribution is -2.18. The Labute approximate surface area is 116 Å². The SMILES string of the molecule is O=C(/C=C1\SC(=O)NC1=O)Nc1cccc([N+](=O)[O-])c1. The van der Waals surface area contributed by atoms with Gasteiger partial charge in [0.2, 0.25) is 5.91 Å². The summed E-state index contributed by atoms with van der Waals surface area (Å²) in [6, 6.07) is 5.36. The molecule has 0 aliphatic carbocycles. The minimum atomic E-state index is -0.655. The number of nitrogens with one attached hydrogen (secondary N) is 2. The first kappa shape index (κ1) is 13.7. The van der Waals surface area contributed by atoms with Crippen molar-refractivity contribution in [1.29, 1.82) is 0 Å². The van der Waals surface area contributed by atoms with Crippen LogP contribution in [0, 0.1) is 10.1 Å². The average molecular weight is 293 g/mol. The molecule has 102 valence electrons. The maximum Gasteiger partial charge on any atom is 0.290 e. The van der Waals surface area contributed by atoms with Gasteiger partial charge in [-0.3, -0.25) is 29.8 Å². The fourth-order valence-corrected chi connectivity index (χ4v) is 2.07. The molecular weight excluding hydrogens is 286 g/mol. The van der Waals surface area contributed by atoms with E-state index in [-0.39, 0.29) is 16.3 Å². The Balaban J connectivity index is 2.10. The van der Waals surface area contributed by atoms with Gasteiger partial charge in [-0.2, -0.15) is 0 Å². The highest BCUT2D eigenvalue weighted by atomic mass is 32.2. The summed E-state index contributed by atoms with van der Waals surface area (Å²) >= 11 is 0.613. The Morgan fingerprint density at radius 2 is 2.15 bits per heavy atom. The number of thioether (sulfide) groups is 1. The summed E-state index contributed by atoms with van der Waals surface area (Å²) in [7, 11) is 0. The Morgan fingerprint density at radius 1 is 1.40 bits per heavy atom. The van der Waals surface area contributed by atoms with Crippen LogP contribution in [0.5, 0.6) is 0 Å². The van der Waals surface area contributed by atoms with Crippen LogP contribution in [0.1, 0.15) is 0 Å². The number of hydrogen-bond donors (Lipinski definition) is 2. The molecule has 1 saturated heterocycles. The molecule has 2 N–H and O–H groups in total. The minimum absolute atomic E-state index is 0.0297. The van der Waals surface area contributed by atoms with Gasteiger partial charge in [-0.05, 0) is 17.8 Å². The summed E-state index contributed by atoms with van der Waals surface area (Å²) in [5.74, 6) is -1.30. The van der Waals surface area contributed by atoms with E-state index in [1.807, 2.05) is 5.32 Å². The number of non-ortho nitro benzene ring substituents is 1. The van der Waals surface area contributed by atoms with Gasteiger partial charge in [0.05, 0.1) is 9.83 Å². The predicted molar refractivity (Wildman–Crippen MR) is 70.9 cm³/mol. The minimum Gasteiger partial charge on any atom is -0.322 e. The zero-order chi connectivity index (χ0) is 14.7. The number of anilines is 1. The van der Waals surface area contributed by atoms with Crippen molar-refractivity contribution in [3.05, 3.63) is 45.4 Å². The third-order valence-corrected chi connectivity index (χ3v) is 3.04. The first-order valence-electron chi connectivity index (χ1n) is 5.26. The van der Waals surface area contributed by atoms with Crippen molar-refractivity contribution in [2.24, 2.45) is 0 Å². The molecule has 8 nitrogen and oxygen atoms in total. The number of nitro benzene ring substituents is 1. The van der Waals surface area contributed by atoms with E-state index in [1.54, 1.807) is 0 Å². The molecule has 0 aromatic heterocycles. The Kier molecular flexibility index (Phi) is 3.80. The van der Waals surface area contributed by atoms with Crippen molar-refractivity contribution < 1.29 is 19.3 Å². The molecule has 20 heavy (non-hydrogen) atoms. The first-order valence-corrected chi connectivity index (χ1v) is 6.07. The van der Waals surface area contributed by atoms with E-state index >= 15 is 0 Å². The molecule has 1 aromatic carbocycles. The van der Waals surface area contributed by atoms with E-state index in [2.05, 4.69) is 5.32 Å². The molecule has 1 aliphatic heterocycles. The van der Waals surface area contributed by atoms with Gasteiger partial charge in [0, 0.05) is 23.9 Å². The molecule has 2 rings (SSSR count). The van der Waals surface area contributed by atoms with Crippen LogP contribution in [-0.4, -0.2) is 22.0 Å². The highest BCUT2D eigenvalue weighted by molar-refractivity contribution is 8.18. The Bertz CT molecular complexity index is 655. The number of benzene rings is 1. The number of amides is 3. The maximum absolute atomic E-state index is 11.6. The van der Waals surface area contributed by atoms with E-state index in [1.165, 1.54) is 24.3 Å². The normalized spacial score (nSPS) is 16.1. The quantitative estimate of drug-likeness (QED) is 0.494. The second-order valence-electron chi connectivity index (χ2n) is 3.65. The molecule has 1 heterocycles. The standard InChI is InChI=1S/C11H7N3O5S/c15-9(5-8-10(16)13-11(17)20-8)12-6-2-1-3-7(4-6)14(18)19/h1-5H,(H,12,15)(H,13,16,17)/b8-5-. The van der Waals surface area contributed by atoms with Crippen LogP contribution >= 0.6 is 11.8 Å². The zero-order valence-corrected chi connectivity index (χ0v) is 10.6. The first-order chi connectivity index (χ1) is 9.45. The third-order valence-electron chi connectivity index (χ3n) is 2.23. The van der Waals surface area contributed by atoms with Gasteiger partial charge in [-0.25, -0.2) is 0 Å². The van der Waals surface area contributed by atoms with Crippen molar-refractivity contribution in [3.8, 4) is 0 Å². The second kappa shape index (κ2) is 5.53. The molecule has 1 aromatic rings. The maximum atomic E-state index is 11.6. The van der Waals surface area contributed by atoms with E-state index in [0.717, 1.165) is 6.08 Å². The number of nitro groups is 1. The van der Waals surface area contributed by atoms with Crippen LogP contribution in [0.4, 0.5) is 16.2 Å². The van der Waals surface area contributed by atoms with Gasteiger partial charge in [-0.15, -0.1) is 0 Å². The summed E-state index contributed by atoms with van der Waals surface area (Å²) in [4.78, 5) is 43.7. The molecule has 0 saturated carbocycles. The summed E-state index contributed by atoms with van der Waals surface area (Å²) < 4.78 is 0.